The number of aliphatic hydroxyl groups excluding tert-OH is 1. The predicted molar refractivity (Wildman–Crippen MR) is 137 cm³/mol. The summed E-state index contributed by atoms with van der Waals surface area (Å²) in [5, 5.41) is 11.2. The Morgan fingerprint density at radius 2 is 1.71 bits per heavy atom. The Balaban J connectivity index is 1.80. The SMILES string of the molecule is CCOC(=O)Cc1ccc(N2C(=O)C(=O)/C(=C(\O)c3ccc(Br)c(C)c3)C2c2ccccc2)cc1. The smallest absolute Gasteiger partial charge is 0.310 e. The van der Waals surface area contributed by atoms with E-state index in [1.165, 1.54) is 4.90 Å². The van der Waals surface area contributed by atoms with Crippen LogP contribution in [0.1, 0.15) is 35.2 Å². The lowest BCUT2D eigenvalue weighted by molar-refractivity contribution is -0.142. The van der Waals surface area contributed by atoms with Crippen LogP contribution in [0.4, 0.5) is 5.69 Å². The zero-order chi connectivity index (χ0) is 25.1. The molecule has 0 saturated carbocycles. The van der Waals surface area contributed by atoms with Crippen LogP contribution < -0.4 is 4.90 Å². The second kappa shape index (κ2) is 10.3. The number of carbonyl (C=O) groups is 3. The third-order valence-corrected chi connectivity index (χ3v) is 6.75. The van der Waals surface area contributed by atoms with Gasteiger partial charge in [-0.25, -0.2) is 0 Å². The van der Waals surface area contributed by atoms with E-state index in [1.54, 1.807) is 49.4 Å². The summed E-state index contributed by atoms with van der Waals surface area (Å²) in [6.45, 7) is 3.93. The number of anilines is 1. The van der Waals surface area contributed by atoms with Gasteiger partial charge in [-0.1, -0.05) is 64.5 Å². The summed E-state index contributed by atoms with van der Waals surface area (Å²) in [6, 6.07) is 20.4. The van der Waals surface area contributed by atoms with Crippen molar-refractivity contribution in [2.45, 2.75) is 26.3 Å². The van der Waals surface area contributed by atoms with E-state index in [2.05, 4.69) is 15.9 Å². The first-order chi connectivity index (χ1) is 16.8. The lowest BCUT2D eigenvalue weighted by Gasteiger charge is -2.25. The van der Waals surface area contributed by atoms with E-state index in [-0.39, 0.29) is 23.7 Å². The molecule has 0 bridgehead atoms. The lowest BCUT2D eigenvalue weighted by Crippen LogP contribution is -2.29. The van der Waals surface area contributed by atoms with Crippen LogP contribution in [-0.4, -0.2) is 29.4 Å². The highest BCUT2D eigenvalue weighted by Gasteiger charge is 2.46. The summed E-state index contributed by atoms with van der Waals surface area (Å²) in [5.41, 5.74) is 3.27. The number of ether oxygens (including phenoxy) is 1. The molecule has 1 fully saturated rings. The maximum absolute atomic E-state index is 13.3. The van der Waals surface area contributed by atoms with Gasteiger partial charge in [-0.05, 0) is 54.8 Å². The van der Waals surface area contributed by atoms with Gasteiger partial charge < -0.3 is 9.84 Å². The molecule has 0 spiro atoms. The van der Waals surface area contributed by atoms with Crippen molar-refractivity contribution in [2.24, 2.45) is 0 Å². The number of nitrogens with zero attached hydrogens (tertiary/aromatic N) is 1. The highest BCUT2D eigenvalue weighted by Crippen LogP contribution is 2.42. The molecular weight excluding hydrogens is 510 g/mol. The van der Waals surface area contributed by atoms with E-state index in [0.717, 1.165) is 15.6 Å². The minimum absolute atomic E-state index is 0.0264. The van der Waals surface area contributed by atoms with Crippen LogP contribution in [0.25, 0.3) is 5.76 Å². The number of halogens is 1. The number of ketones is 1. The van der Waals surface area contributed by atoms with Crippen LogP contribution >= 0.6 is 15.9 Å². The second-order valence-electron chi connectivity index (χ2n) is 8.19. The van der Waals surface area contributed by atoms with Crippen LogP contribution in [0, 0.1) is 6.92 Å². The van der Waals surface area contributed by atoms with Gasteiger partial charge in [-0.15, -0.1) is 0 Å². The van der Waals surface area contributed by atoms with Gasteiger partial charge in [0.05, 0.1) is 24.6 Å². The fourth-order valence-electron chi connectivity index (χ4n) is 4.15. The first-order valence-corrected chi connectivity index (χ1v) is 12.0. The molecule has 1 saturated heterocycles. The second-order valence-corrected chi connectivity index (χ2v) is 9.05. The monoisotopic (exact) mass is 533 g/mol. The van der Waals surface area contributed by atoms with Gasteiger partial charge in [0.15, 0.2) is 0 Å². The number of esters is 1. The molecule has 0 aliphatic carbocycles. The Bertz CT molecular complexity index is 1310. The molecule has 3 aromatic carbocycles. The van der Waals surface area contributed by atoms with Crippen LogP contribution in [0.15, 0.2) is 82.8 Å². The number of Topliss-reactive ketones (excluding diaryl/α,β-unsaturated/α-hetero) is 1. The van der Waals surface area contributed by atoms with Gasteiger partial charge in [0.2, 0.25) is 0 Å². The summed E-state index contributed by atoms with van der Waals surface area (Å²) in [4.78, 5) is 39.7. The number of carbonyl (C=O) groups excluding carboxylic acids is 3. The maximum Gasteiger partial charge on any atom is 0.310 e. The number of hydrogen-bond donors (Lipinski definition) is 1. The van der Waals surface area contributed by atoms with Crippen LogP contribution in [0.5, 0.6) is 0 Å². The molecule has 6 nitrogen and oxygen atoms in total. The van der Waals surface area contributed by atoms with Gasteiger partial charge in [0, 0.05) is 15.7 Å². The molecule has 4 rings (SSSR count). The van der Waals surface area contributed by atoms with Gasteiger partial charge in [-0.2, -0.15) is 0 Å². The predicted octanol–water partition coefficient (Wildman–Crippen LogP) is 5.49. The van der Waals surface area contributed by atoms with Crippen molar-refractivity contribution in [1.82, 2.24) is 0 Å². The van der Waals surface area contributed by atoms with Gasteiger partial charge in [0.25, 0.3) is 11.7 Å². The summed E-state index contributed by atoms with van der Waals surface area (Å²) in [7, 11) is 0. The van der Waals surface area contributed by atoms with Gasteiger partial charge in [0.1, 0.15) is 5.76 Å². The zero-order valence-corrected chi connectivity index (χ0v) is 20.9. The number of aryl methyl sites for hydroxylation is 1. The molecule has 0 aromatic heterocycles. The molecule has 1 aliphatic heterocycles. The molecule has 7 heteroatoms. The van der Waals surface area contributed by atoms with Crippen LogP contribution in [0.2, 0.25) is 0 Å². The maximum atomic E-state index is 13.3. The standard InChI is InChI=1S/C28H24BrNO5/c1-3-35-23(31)16-18-9-12-21(13-10-18)30-25(19-7-5-4-6-8-19)24(27(33)28(30)34)26(32)20-11-14-22(29)17(2)15-20/h4-15,25,32H,3,16H2,1-2H3/b26-24-. The Labute approximate surface area is 212 Å². The van der Waals surface area contributed by atoms with Crippen molar-refractivity contribution >= 4 is 45.0 Å². The van der Waals surface area contributed by atoms with Crippen molar-refractivity contribution in [1.29, 1.82) is 0 Å². The van der Waals surface area contributed by atoms with E-state index < -0.39 is 17.7 Å². The molecule has 1 atom stereocenters. The van der Waals surface area contributed by atoms with E-state index in [1.807, 2.05) is 37.3 Å². The summed E-state index contributed by atoms with van der Waals surface area (Å²) < 4.78 is 5.87. The highest BCUT2D eigenvalue weighted by atomic mass is 79.9. The summed E-state index contributed by atoms with van der Waals surface area (Å²) >= 11 is 3.45. The average molecular weight is 534 g/mol. The molecule has 1 heterocycles. The van der Waals surface area contributed by atoms with Crippen molar-refractivity contribution < 1.29 is 24.2 Å². The van der Waals surface area contributed by atoms with E-state index in [9.17, 15) is 19.5 Å². The van der Waals surface area contributed by atoms with Crippen molar-refractivity contribution in [3.05, 3.63) is 105 Å². The summed E-state index contributed by atoms with van der Waals surface area (Å²) in [5.74, 6) is -2.05. The number of rotatable bonds is 6. The number of benzene rings is 3. The van der Waals surface area contributed by atoms with Crippen molar-refractivity contribution in [3.8, 4) is 0 Å². The Morgan fingerprint density at radius 1 is 1.03 bits per heavy atom. The molecular formula is C28H24BrNO5. The molecule has 3 aromatic rings. The van der Waals surface area contributed by atoms with Crippen LogP contribution in [-0.2, 0) is 25.5 Å². The number of hydrogen-bond acceptors (Lipinski definition) is 5. The fourth-order valence-corrected chi connectivity index (χ4v) is 4.40. The quantitative estimate of drug-likeness (QED) is 0.196. The van der Waals surface area contributed by atoms with E-state index >= 15 is 0 Å². The van der Waals surface area contributed by atoms with E-state index in [4.69, 9.17) is 4.74 Å². The Hall–Kier alpha value is -3.71. The molecule has 178 valence electrons. The largest absolute Gasteiger partial charge is 0.507 e. The molecule has 1 amide bonds. The van der Waals surface area contributed by atoms with Gasteiger partial charge in [-0.3, -0.25) is 19.3 Å². The van der Waals surface area contributed by atoms with Crippen molar-refractivity contribution in [3.63, 3.8) is 0 Å². The average Bonchev–Trinajstić information content (AvgIpc) is 3.12. The first kappa shape index (κ1) is 24.4. The molecule has 35 heavy (non-hydrogen) atoms. The minimum atomic E-state index is -0.809. The first-order valence-electron chi connectivity index (χ1n) is 11.2. The third-order valence-electron chi connectivity index (χ3n) is 5.86. The fraction of sp³-hybridized carbons (Fsp3) is 0.179. The molecule has 1 aliphatic rings. The van der Waals surface area contributed by atoms with Crippen molar-refractivity contribution in [2.75, 3.05) is 11.5 Å². The third kappa shape index (κ3) is 4.91. The number of amides is 1. The van der Waals surface area contributed by atoms with E-state index in [0.29, 0.717) is 23.4 Å². The van der Waals surface area contributed by atoms with Crippen LogP contribution in [0.3, 0.4) is 0 Å². The minimum Gasteiger partial charge on any atom is -0.507 e. The van der Waals surface area contributed by atoms with Gasteiger partial charge >= 0.3 is 5.97 Å². The molecule has 0 radical (unpaired) electrons. The topological polar surface area (TPSA) is 83.9 Å². The Morgan fingerprint density at radius 3 is 2.34 bits per heavy atom. The molecule has 1 N–H and O–H groups in total. The normalized spacial score (nSPS) is 17.0. The lowest BCUT2D eigenvalue weighted by atomic mass is 9.94. The highest BCUT2D eigenvalue weighted by molar-refractivity contribution is 9.10. The zero-order valence-electron chi connectivity index (χ0n) is 19.3. The summed E-state index contributed by atoms with van der Waals surface area (Å²) in [6.07, 6.45) is 0.109. The molecule has 1 unspecified atom stereocenters. The number of aliphatic hydroxyl groups is 1. The Kier molecular flexibility index (Phi) is 7.17.